The summed E-state index contributed by atoms with van der Waals surface area (Å²) in [6.45, 7) is 9.06. The van der Waals surface area contributed by atoms with Crippen molar-refractivity contribution < 1.29 is 0 Å². The molecule has 0 fully saturated rings. The maximum atomic E-state index is 12.0. The Bertz CT molecular complexity index is 471. The summed E-state index contributed by atoms with van der Waals surface area (Å²) in [6.07, 6.45) is 6.43. The van der Waals surface area contributed by atoms with E-state index < -0.39 is 0 Å². The van der Waals surface area contributed by atoms with Gasteiger partial charge in [0.05, 0.1) is 17.9 Å². The van der Waals surface area contributed by atoms with Crippen molar-refractivity contribution in [3.8, 4) is 0 Å². The van der Waals surface area contributed by atoms with Gasteiger partial charge >= 0.3 is 0 Å². The number of unbranched alkanes of at least 4 members (excludes halogenated alkanes) is 1. The Hall–Kier alpha value is -1.03. The Morgan fingerprint density at radius 3 is 2.65 bits per heavy atom. The van der Waals surface area contributed by atoms with Crippen LogP contribution in [0.5, 0.6) is 0 Å². The molecule has 1 aromatic heterocycles. The third-order valence-corrected chi connectivity index (χ3v) is 3.92. The first-order chi connectivity index (χ1) is 9.51. The number of anilines is 1. The number of rotatable bonds is 8. The summed E-state index contributed by atoms with van der Waals surface area (Å²) >= 11 is 6.14. The molecule has 5 heteroatoms. The van der Waals surface area contributed by atoms with Gasteiger partial charge in [-0.25, -0.2) is 4.68 Å². The number of nitrogens with zero attached hydrogens (tertiary/aromatic N) is 2. The van der Waals surface area contributed by atoms with Gasteiger partial charge in [-0.2, -0.15) is 5.10 Å². The van der Waals surface area contributed by atoms with Gasteiger partial charge in [-0.15, -0.1) is 0 Å². The molecule has 0 aliphatic rings. The molecule has 0 spiro atoms. The number of aromatic nitrogens is 2. The quantitative estimate of drug-likeness (QED) is 0.786. The molecule has 0 bridgehead atoms. The minimum absolute atomic E-state index is 0.0157. The van der Waals surface area contributed by atoms with Crippen LogP contribution < -0.4 is 10.9 Å². The molecule has 1 N–H and O–H groups in total. The van der Waals surface area contributed by atoms with Crippen molar-refractivity contribution in [1.82, 2.24) is 9.78 Å². The topological polar surface area (TPSA) is 46.9 Å². The van der Waals surface area contributed by atoms with E-state index in [4.69, 9.17) is 11.6 Å². The molecule has 0 amide bonds. The Morgan fingerprint density at radius 2 is 2.10 bits per heavy atom. The lowest BCUT2D eigenvalue weighted by atomic mass is 9.99. The fourth-order valence-electron chi connectivity index (χ4n) is 2.13. The highest BCUT2D eigenvalue weighted by atomic mass is 35.5. The highest BCUT2D eigenvalue weighted by molar-refractivity contribution is 6.32. The average Bonchev–Trinajstić information content (AvgIpc) is 2.43. The van der Waals surface area contributed by atoms with E-state index in [9.17, 15) is 4.79 Å². The van der Waals surface area contributed by atoms with Crippen molar-refractivity contribution in [1.29, 1.82) is 0 Å². The average molecular weight is 300 g/mol. The first kappa shape index (κ1) is 17.0. The van der Waals surface area contributed by atoms with Crippen LogP contribution in [-0.4, -0.2) is 16.3 Å². The second kappa shape index (κ2) is 8.30. The van der Waals surface area contributed by atoms with Gasteiger partial charge in [-0.1, -0.05) is 44.7 Å². The normalized spacial score (nSPS) is 12.7. The van der Waals surface area contributed by atoms with E-state index in [1.54, 1.807) is 6.20 Å². The van der Waals surface area contributed by atoms with Crippen molar-refractivity contribution in [2.24, 2.45) is 5.92 Å². The summed E-state index contributed by atoms with van der Waals surface area (Å²) < 4.78 is 1.40. The van der Waals surface area contributed by atoms with Crippen LogP contribution in [0.25, 0.3) is 0 Å². The van der Waals surface area contributed by atoms with E-state index in [1.165, 1.54) is 23.9 Å². The molecule has 1 atom stereocenters. The third-order valence-electron chi connectivity index (χ3n) is 3.56. The zero-order valence-corrected chi connectivity index (χ0v) is 13.7. The first-order valence-electron chi connectivity index (χ1n) is 7.52. The lowest BCUT2D eigenvalue weighted by Gasteiger charge is -2.17. The molecule has 20 heavy (non-hydrogen) atoms. The van der Waals surface area contributed by atoms with Crippen molar-refractivity contribution >= 4 is 17.3 Å². The molecule has 1 rings (SSSR count). The highest BCUT2D eigenvalue weighted by Crippen LogP contribution is 2.19. The molecular weight excluding hydrogens is 274 g/mol. The van der Waals surface area contributed by atoms with E-state index in [-0.39, 0.29) is 16.6 Å². The van der Waals surface area contributed by atoms with E-state index in [2.05, 4.69) is 24.3 Å². The molecule has 0 aliphatic carbocycles. The second-order valence-electron chi connectivity index (χ2n) is 5.51. The van der Waals surface area contributed by atoms with Gasteiger partial charge in [0, 0.05) is 6.54 Å². The number of nitrogens with one attached hydrogen (secondary N) is 1. The highest BCUT2D eigenvalue weighted by Gasteiger charge is 2.12. The Morgan fingerprint density at radius 1 is 1.40 bits per heavy atom. The van der Waals surface area contributed by atoms with Gasteiger partial charge in [0.25, 0.3) is 5.56 Å². The van der Waals surface area contributed by atoms with Crippen molar-refractivity contribution in [2.75, 3.05) is 11.9 Å². The predicted octanol–water partition coefficient (Wildman–Crippen LogP) is 4.11. The standard InChI is InChI=1S/C15H26ClN3O/c1-5-7-8-12(6-2)9-17-13-10-18-19(11(3)4)15(20)14(13)16/h10-12,17H,5-9H2,1-4H3. The van der Waals surface area contributed by atoms with Gasteiger partial charge in [0.15, 0.2) is 0 Å². The van der Waals surface area contributed by atoms with Crippen molar-refractivity contribution in [3.05, 3.63) is 21.6 Å². The van der Waals surface area contributed by atoms with Crippen molar-refractivity contribution in [3.63, 3.8) is 0 Å². The molecule has 0 aliphatic heterocycles. The number of hydrogen-bond acceptors (Lipinski definition) is 3. The smallest absolute Gasteiger partial charge is 0.287 e. The van der Waals surface area contributed by atoms with Crippen LogP contribution in [-0.2, 0) is 0 Å². The predicted molar refractivity (Wildman–Crippen MR) is 85.7 cm³/mol. The molecule has 1 unspecified atom stereocenters. The van der Waals surface area contributed by atoms with E-state index in [0.29, 0.717) is 11.6 Å². The van der Waals surface area contributed by atoms with Crippen LogP contribution >= 0.6 is 11.6 Å². The summed E-state index contributed by atoms with van der Waals surface area (Å²) in [5.41, 5.74) is 0.414. The monoisotopic (exact) mass is 299 g/mol. The second-order valence-corrected chi connectivity index (χ2v) is 5.89. The SMILES string of the molecule is CCCCC(CC)CNc1cnn(C(C)C)c(=O)c1Cl. The number of halogens is 1. The Kier molecular flexibility index (Phi) is 7.06. The van der Waals surface area contributed by atoms with Crippen molar-refractivity contribution in [2.45, 2.75) is 59.4 Å². The molecular formula is C15H26ClN3O. The molecule has 4 nitrogen and oxygen atoms in total. The number of hydrogen-bond donors (Lipinski definition) is 1. The van der Waals surface area contributed by atoms with Crippen LogP contribution in [0.2, 0.25) is 5.02 Å². The minimum Gasteiger partial charge on any atom is -0.382 e. The minimum atomic E-state index is -0.228. The lowest BCUT2D eigenvalue weighted by molar-refractivity contribution is 0.471. The van der Waals surface area contributed by atoms with E-state index in [1.807, 2.05) is 13.8 Å². The largest absolute Gasteiger partial charge is 0.382 e. The molecule has 0 radical (unpaired) electrons. The van der Waals surface area contributed by atoms with Gasteiger partial charge in [-0.3, -0.25) is 4.79 Å². The maximum absolute atomic E-state index is 12.0. The van der Waals surface area contributed by atoms with Gasteiger partial charge in [0.1, 0.15) is 5.02 Å². The lowest BCUT2D eigenvalue weighted by Crippen LogP contribution is -2.26. The summed E-state index contributed by atoms with van der Waals surface area (Å²) in [5, 5.41) is 7.67. The molecule has 0 saturated heterocycles. The Labute approximate surface area is 126 Å². The molecule has 1 heterocycles. The van der Waals surface area contributed by atoms with Gasteiger partial charge < -0.3 is 5.32 Å². The van der Waals surface area contributed by atoms with Crippen LogP contribution in [0.4, 0.5) is 5.69 Å². The molecule has 114 valence electrons. The maximum Gasteiger partial charge on any atom is 0.287 e. The fraction of sp³-hybridized carbons (Fsp3) is 0.733. The van der Waals surface area contributed by atoms with Crippen LogP contribution in [0.15, 0.2) is 11.0 Å². The van der Waals surface area contributed by atoms with E-state index in [0.717, 1.165) is 13.0 Å². The molecule has 1 aromatic rings. The van der Waals surface area contributed by atoms with Gasteiger partial charge in [0.2, 0.25) is 0 Å². The summed E-state index contributed by atoms with van der Waals surface area (Å²) in [7, 11) is 0. The molecule has 0 aromatic carbocycles. The van der Waals surface area contributed by atoms with Crippen LogP contribution in [0.1, 0.15) is 59.4 Å². The summed E-state index contributed by atoms with van der Waals surface area (Å²) in [4.78, 5) is 12.0. The van der Waals surface area contributed by atoms with E-state index >= 15 is 0 Å². The third kappa shape index (κ3) is 4.51. The summed E-state index contributed by atoms with van der Waals surface area (Å²) in [6, 6.07) is 0.0157. The van der Waals surface area contributed by atoms with Gasteiger partial charge in [-0.05, 0) is 26.2 Å². The Balaban J connectivity index is 2.73. The van der Waals surface area contributed by atoms with Crippen LogP contribution in [0, 0.1) is 5.92 Å². The zero-order chi connectivity index (χ0) is 15.1. The molecule has 0 saturated carbocycles. The summed E-state index contributed by atoms with van der Waals surface area (Å²) in [5.74, 6) is 0.610. The first-order valence-corrected chi connectivity index (χ1v) is 7.90. The van der Waals surface area contributed by atoms with Crippen LogP contribution in [0.3, 0.4) is 0 Å². The fourth-order valence-corrected chi connectivity index (χ4v) is 2.34. The zero-order valence-electron chi connectivity index (χ0n) is 12.9.